The molecule has 0 saturated carbocycles. The standard InChI is InChI=1S/C11H16N2O3S/c1-11(2,3)5-8(14)13-10-12-7(6-17-10)4-9(15)16/h6H,4-5H2,1-3H3,(H,15,16)(H,12,13,14). The van der Waals surface area contributed by atoms with Gasteiger partial charge in [0.25, 0.3) is 0 Å². The smallest absolute Gasteiger partial charge is 0.309 e. The number of carboxylic acids is 1. The van der Waals surface area contributed by atoms with E-state index in [1.807, 2.05) is 20.8 Å². The first kappa shape index (κ1) is 13.6. The van der Waals surface area contributed by atoms with Gasteiger partial charge in [0, 0.05) is 11.8 Å². The molecule has 0 unspecified atom stereocenters. The Morgan fingerprint density at radius 1 is 1.47 bits per heavy atom. The number of aromatic nitrogens is 1. The number of thiazole rings is 1. The summed E-state index contributed by atoms with van der Waals surface area (Å²) in [6.07, 6.45) is 0.284. The van der Waals surface area contributed by atoms with Crippen LogP contribution in [0.5, 0.6) is 0 Å². The summed E-state index contributed by atoms with van der Waals surface area (Å²) in [5.74, 6) is -1.03. The van der Waals surface area contributed by atoms with Crippen LogP contribution in [0.3, 0.4) is 0 Å². The molecule has 1 aromatic rings. The Hall–Kier alpha value is -1.43. The maximum absolute atomic E-state index is 11.6. The van der Waals surface area contributed by atoms with Crippen molar-refractivity contribution in [1.82, 2.24) is 4.98 Å². The van der Waals surface area contributed by atoms with E-state index in [0.29, 0.717) is 17.2 Å². The van der Waals surface area contributed by atoms with Crippen molar-refractivity contribution in [2.45, 2.75) is 33.6 Å². The highest BCUT2D eigenvalue weighted by Gasteiger charge is 2.17. The van der Waals surface area contributed by atoms with Crippen molar-refractivity contribution in [2.24, 2.45) is 5.41 Å². The van der Waals surface area contributed by atoms with E-state index < -0.39 is 5.97 Å². The van der Waals surface area contributed by atoms with E-state index in [4.69, 9.17) is 5.11 Å². The van der Waals surface area contributed by atoms with Gasteiger partial charge in [-0.25, -0.2) is 4.98 Å². The van der Waals surface area contributed by atoms with Crippen molar-refractivity contribution in [3.8, 4) is 0 Å². The number of carboxylic acid groups (broad SMARTS) is 1. The third-order valence-electron chi connectivity index (χ3n) is 1.82. The van der Waals surface area contributed by atoms with Gasteiger partial charge < -0.3 is 10.4 Å². The zero-order valence-electron chi connectivity index (χ0n) is 10.1. The minimum Gasteiger partial charge on any atom is -0.481 e. The summed E-state index contributed by atoms with van der Waals surface area (Å²) in [5.41, 5.74) is 0.388. The Morgan fingerprint density at radius 3 is 2.65 bits per heavy atom. The van der Waals surface area contributed by atoms with E-state index in [1.54, 1.807) is 5.38 Å². The van der Waals surface area contributed by atoms with Gasteiger partial charge in [-0.3, -0.25) is 9.59 Å². The number of anilines is 1. The normalized spacial score (nSPS) is 11.2. The highest BCUT2D eigenvalue weighted by atomic mass is 32.1. The van der Waals surface area contributed by atoms with Crippen LogP contribution in [0.4, 0.5) is 5.13 Å². The zero-order chi connectivity index (χ0) is 13.1. The number of carbonyl (C=O) groups excluding carboxylic acids is 1. The molecule has 1 heterocycles. The average molecular weight is 256 g/mol. The molecular formula is C11H16N2O3S. The summed E-state index contributed by atoms with van der Waals surface area (Å²) in [6, 6.07) is 0. The fourth-order valence-corrected chi connectivity index (χ4v) is 1.97. The third-order valence-corrected chi connectivity index (χ3v) is 2.63. The predicted octanol–water partition coefficient (Wildman–Crippen LogP) is 2.14. The van der Waals surface area contributed by atoms with E-state index in [-0.39, 0.29) is 17.7 Å². The number of rotatable bonds is 4. The van der Waals surface area contributed by atoms with Crippen LogP contribution in [-0.2, 0) is 16.0 Å². The number of hydrogen-bond acceptors (Lipinski definition) is 4. The van der Waals surface area contributed by atoms with Crippen LogP contribution in [0.15, 0.2) is 5.38 Å². The van der Waals surface area contributed by atoms with Gasteiger partial charge in [-0.05, 0) is 5.41 Å². The molecule has 0 atom stereocenters. The molecule has 94 valence electrons. The maximum Gasteiger partial charge on any atom is 0.309 e. The largest absolute Gasteiger partial charge is 0.481 e. The van der Waals surface area contributed by atoms with Crippen LogP contribution in [0.2, 0.25) is 0 Å². The Labute approximate surface area is 104 Å². The minimum atomic E-state index is -0.928. The van der Waals surface area contributed by atoms with Gasteiger partial charge in [0.15, 0.2) is 5.13 Å². The van der Waals surface area contributed by atoms with Crippen LogP contribution in [0.25, 0.3) is 0 Å². The maximum atomic E-state index is 11.6. The molecule has 1 amide bonds. The zero-order valence-corrected chi connectivity index (χ0v) is 10.9. The van der Waals surface area contributed by atoms with Crippen molar-refractivity contribution in [2.75, 3.05) is 5.32 Å². The lowest BCUT2D eigenvalue weighted by Gasteiger charge is -2.16. The second-order valence-electron chi connectivity index (χ2n) is 5.00. The van der Waals surface area contributed by atoms with Crippen molar-refractivity contribution < 1.29 is 14.7 Å². The molecule has 0 saturated heterocycles. The average Bonchev–Trinajstić information content (AvgIpc) is 2.46. The van der Waals surface area contributed by atoms with E-state index in [0.717, 1.165) is 0 Å². The van der Waals surface area contributed by atoms with Crippen LogP contribution in [0, 0.1) is 5.41 Å². The number of nitrogens with zero attached hydrogens (tertiary/aromatic N) is 1. The van der Waals surface area contributed by atoms with Crippen molar-refractivity contribution >= 4 is 28.3 Å². The van der Waals surface area contributed by atoms with Crippen molar-refractivity contribution in [3.63, 3.8) is 0 Å². The predicted molar refractivity (Wildman–Crippen MR) is 66.2 cm³/mol. The van der Waals surface area contributed by atoms with E-state index in [9.17, 15) is 9.59 Å². The molecule has 0 fully saturated rings. The van der Waals surface area contributed by atoms with Gasteiger partial charge in [0.1, 0.15) is 0 Å². The lowest BCUT2D eigenvalue weighted by molar-refractivity contribution is -0.136. The number of nitrogens with one attached hydrogen (secondary N) is 1. The third kappa shape index (κ3) is 5.44. The van der Waals surface area contributed by atoms with E-state index >= 15 is 0 Å². The number of hydrogen-bond donors (Lipinski definition) is 2. The van der Waals surface area contributed by atoms with Gasteiger partial charge in [-0.15, -0.1) is 11.3 Å². The molecule has 1 rings (SSSR count). The van der Waals surface area contributed by atoms with Crippen molar-refractivity contribution in [1.29, 1.82) is 0 Å². The Balaban J connectivity index is 2.55. The molecule has 17 heavy (non-hydrogen) atoms. The van der Waals surface area contributed by atoms with Crippen LogP contribution < -0.4 is 5.32 Å². The summed E-state index contributed by atoms with van der Waals surface area (Å²) in [4.78, 5) is 26.1. The number of amides is 1. The molecule has 0 aliphatic rings. The van der Waals surface area contributed by atoms with Gasteiger partial charge in [-0.1, -0.05) is 20.8 Å². The second-order valence-corrected chi connectivity index (χ2v) is 5.86. The Bertz CT molecular complexity index is 421. The molecule has 0 radical (unpaired) electrons. The van der Waals surface area contributed by atoms with Gasteiger partial charge in [0.2, 0.25) is 5.91 Å². The Morgan fingerprint density at radius 2 is 2.12 bits per heavy atom. The SMILES string of the molecule is CC(C)(C)CC(=O)Nc1nc(CC(=O)O)cs1. The van der Waals surface area contributed by atoms with Gasteiger partial charge in [-0.2, -0.15) is 0 Å². The highest BCUT2D eigenvalue weighted by molar-refractivity contribution is 7.13. The monoisotopic (exact) mass is 256 g/mol. The first-order valence-electron chi connectivity index (χ1n) is 5.22. The van der Waals surface area contributed by atoms with Gasteiger partial charge in [0.05, 0.1) is 12.1 Å². The first-order valence-corrected chi connectivity index (χ1v) is 6.10. The van der Waals surface area contributed by atoms with Crippen LogP contribution >= 0.6 is 11.3 Å². The summed E-state index contributed by atoms with van der Waals surface area (Å²) in [6.45, 7) is 5.93. The molecule has 6 heteroatoms. The van der Waals surface area contributed by atoms with Crippen LogP contribution in [0.1, 0.15) is 32.9 Å². The topological polar surface area (TPSA) is 79.3 Å². The molecule has 0 aromatic carbocycles. The second kappa shape index (κ2) is 5.27. The van der Waals surface area contributed by atoms with E-state index in [2.05, 4.69) is 10.3 Å². The fourth-order valence-electron chi connectivity index (χ4n) is 1.25. The fraction of sp³-hybridized carbons (Fsp3) is 0.545. The van der Waals surface area contributed by atoms with Crippen molar-refractivity contribution in [3.05, 3.63) is 11.1 Å². The summed E-state index contributed by atoms with van der Waals surface area (Å²) in [7, 11) is 0. The summed E-state index contributed by atoms with van der Waals surface area (Å²) >= 11 is 1.24. The molecule has 0 spiro atoms. The molecular weight excluding hydrogens is 240 g/mol. The highest BCUT2D eigenvalue weighted by Crippen LogP contribution is 2.21. The van der Waals surface area contributed by atoms with E-state index in [1.165, 1.54) is 11.3 Å². The quantitative estimate of drug-likeness (QED) is 0.865. The first-order chi connectivity index (χ1) is 7.76. The lowest BCUT2D eigenvalue weighted by atomic mass is 9.92. The van der Waals surface area contributed by atoms with Crippen LogP contribution in [-0.4, -0.2) is 22.0 Å². The molecule has 2 N–H and O–H groups in total. The molecule has 5 nitrogen and oxygen atoms in total. The summed E-state index contributed by atoms with van der Waals surface area (Å²) < 4.78 is 0. The van der Waals surface area contributed by atoms with Gasteiger partial charge >= 0.3 is 5.97 Å². The molecule has 0 aliphatic carbocycles. The Kier molecular flexibility index (Phi) is 4.22. The lowest BCUT2D eigenvalue weighted by Crippen LogP contribution is -2.19. The number of aliphatic carboxylic acids is 1. The molecule has 0 bridgehead atoms. The summed E-state index contributed by atoms with van der Waals surface area (Å²) in [5, 5.41) is 13.3. The number of carbonyl (C=O) groups is 2. The molecule has 1 aromatic heterocycles. The minimum absolute atomic E-state index is 0.0781. The molecule has 0 aliphatic heterocycles.